The fourth-order valence-corrected chi connectivity index (χ4v) is 2.83. The Morgan fingerprint density at radius 1 is 1.44 bits per heavy atom. The highest BCUT2D eigenvalue weighted by Gasteiger charge is 2.23. The largest absolute Gasteiger partial charge is 0.467 e. The fraction of sp³-hybridized carbons (Fsp3) is 0.538. The highest BCUT2D eigenvalue weighted by molar-refractivity contribution is 6.30. The molecule has 2 aliphatic heterocycles. The third-order valence-electron chi connectivity index (χ3n) is 3.39. The maximum absolute atomic E-state index is 9.55. The number of halogens is 1. The Morgan fingerprint density at radius 2 is 2.33 bits per heavy atom. The Kier molecular flexibility index (Phi) is 3.43. The number of ether oxygens (including phenoxy) is 2. The molecule has 3 rings (SSSR count). The SMILES string of the molecule is OC1CCN(Cc2cc(Cl)cc3c2OCOC3)C1. The smallest absolute Gasteiger partial charge is 0.189 e. The van der Waals surface area contributed by atoms with Crippen LogP contribution >= 0.6 is 11.6 Å². The van der Waals surface area contributed by atoms with Crippen molar-refractivity contribution in [2.75, 3.05) is 19.9 Å². The molecule has 1 aromatic rings. The molecule has 0 saturated carbocycles. The van der Waals surface area contributed by atoms with E-state index in [1.807, 2.05) is 12.1 Å². The van der Waals surface area contributed by atoms with Crippen molar-refractivity contribution in [2.24, 2.45) is 0 Å². The van der Waals surface area contributed by atoms with Gasteiger partial charge in [0, 0.05) is 35.8 Å². The first kappa shape index (κ1) is 12.2. The van der Waals surface area contributed by atoms with E-state index in [9.17, 15) is 5.11 Å². The van der Waals surface area contributed by atoms with Gasteiger partial charge < -0.3 is 14.6 Å². The second-order valence-electron chi connectivity index (χ2n) is 4.84. The molecule has 0 aromatic heterocycles. The van der Waals surface area contributed by atoms with Crippen LogP contribution in [0, 0.1) is 0 Å². The summed E-state index contributed by atoms with van der Waals surface area (Å²) >= 11 is 6.12. The summed E-state index contributed by atoms with van der Waals surface area (Å²) < 4.78 is 10.8. The Labute approximate surface area is 111 Å². The van der Waals surface area contributed by atoms with Crippen molar-refractivity contribution in [3.05, 3.63) is 28.3 Å². The van der Waals surface area contributed by atoms with E-state index in [-0.39, 0.29) is 6.10 Å². The third kappa shape index (κ3) is 2.47. The molecule has 1 unspecified atom stereocenters. The molecule has 1 atom stereocenters. The predicted octanol–water partition coefficient (Wildman–Crippen LogP) is 1.77. The zero-order chi connectivity index (χ0) is 12.5. The monoisotopic (exact) mass is 269 g/mol. The van der Waals surface area contributed by atoms with Gasteiger partial charge in [-0.2, -0.15) is 0 Å². The number of aliphatic hydroxyl groups is 1. The summed E-state index contributed by atoms with van der Waals surface area (Å²) in [7, 11) is 0. The van der Waals surface area contributed by atoms with Gasteiger partial charge in [-0.3, -0.25) is 4.90 Å². The first-order valence-electron chi connectivity index (χ1n) is 6.14. The van der Waals surface area contributed by atoms with E-state index in [1.165, 1.54) is 0 Å². The van der Waals surface area contributed by atoms with Crippen molar-refractivity contribution in [3.8, 4) is 5.75 Å². The number of β-amino-alcohol motifs (C(OH)–C–C–N with tert-alkyl or cyclic N) is 1. The molecule has 0 radical (unpaired) electrons. The van der Waals surface area contributed by atoms with E-state index in [0.717, 1.165) is 42.9 Å². The van der Waals surface area contributed by atoms with E-state index in [1.54, 1.807) is 0 Å². The van der Waals surface area contributed by atoms with Crippen LogP contribution in [0.1, 0.15) is 17.5 Å². The highest BCUT2D eigenvalue weighted by atomic mass is 35.5. The molecule has 1 aromatic carbocycles. The lowest BCUT2D eigenvalue weighted by atomic mass is 10.1. The number of aliphatic hydroxyl groups excluding tert-OH is 1. The van der Waals surface area contributed by atoms with Crippen LogP contribution in [0.3, 0.4) is 0 Å². The molecule has 1 N–H and O–H groups in total. The Balaban J connectivity index is 1.84. The van der Waals surface area contributed by atoms with E-state index < -0.39 is 0 Å². The molecule has 0 aliphatic carbocycles. The fourth-order valence-electron chi connectivity index (χ4n) is 2.57. The molecule has 0 bridgehead atoms. The number of hydrogen-bond donors (Lipinski definition) is 1. The van der Waals surface area contributed by atoms with Crippen molar-refractivity contribution in [1.82, 2.24) is 4.90 Å². The maximum Gasteiger partial charge on any atom is 0.189 e. The van der Waals surface area contributed by atoms with Gasteiger partial charge in [-0.25, -0.2) is 0 Å². The topological polar surface area (TPSA) is 41.9 Å². The summed E-state index contributed by atoms with van der Waals surface area (Å²) in [6, 6.07) is 3.83. The summed E-state index contributed by atoms with van der Waals surface area (Å²) in [6.45, 7) is 3.24. The summed E-state index contributed by atoms with van der Waals surface area (Å²) in [5, 5.41) is 10.3. The van der Waals surface area contributed by atoms with Crippen LogP contribution in [0.15, 0.2) is 12.1 Å². The molecule has 98 valence electrons. The normalized spacial score (nSPS) is 23.8. The zero-order valence-electron chi connectivity index (χ0n) is 10.1. The van der Waals surface area contributed by atoms with E-state index in [2.05, 4.69) is 4.90 Å². The quantitative estimate of drug-likeness (QED) is 0.889. The molecular weight excluding hydrogens is 254 g/mol. The van der Waals surface area contributed by atoms with Gasteiger partial charge >= 0.3 is 0 Å². The molecule has 2 aliphatic rings. The first-order valence-corrected chi connectivity index (χ1v) is 6.52. The summed E-state index contributed by atoms with van der Waals surface area (Å²) in [5.41, 5.74) is 2.08. The lowest BCUT2D eigenvalue weighted by Crippen LogP contribution is -2.23. The number of likely N-dealkylation sites (tertiary alicyclic amines) is 1. The van der Waals surface area contributed by atoms with Crippen molar-refractivity contribution in [2.45, 2.75) is 25.7 Å². The van der Waals surface area contributed by atoms with Crippen LogP contribution in [-0.4, -0.2) is 36.0 Å². The summed E-state index contributed by atoms with van der Waals surface area (Å²) in [4.78, 5) is 2.22. The predicted molar refractivity (Wildman–Crippen MR) is 67.6 cm³/mol. The minimum atomic E-state index is -0.204. The number of rotatable bonds is 2. The molecule has 1 fully saturated rings. The maximum atomic E-state index is 9.55. The molecule has 0 amide bonds. The minimum Gasteiger partial charge on any atom is -0.467 e. The van der Waals surface area contributed by atoms with E-state index in [0.29, 0.717) is 18.4 Å². The molecule has 2 heterocycles. The Morgan fingerprint density at radius 3 is 3.11 bits per heavy atom. The average Bonchev–Trinajstić information content (AvgIpc) is 2.74. The third-order valence-corrected chi connectivity index (χ3v) is 3.61. The van der Waals surface area contributed by atoms with Crippen LogP contribution in [0.2, 0.25) is 5.02 Å². The molecule has 4 nitrogen and oxygen atoms in total. The van der Waals surface area contributed by atoms with Gasteiger partial charge in [0.05, 0.1) is 12.7 Å². The van der Waals surface area contributed by atoms with Gasteiger partial charge in [0.2, 0.25) is 0 Å². The van der Waals surface area contributed by atoms with Crippen LogP contribution < -0.4 is 4.74 Å². The zero-order valence-corrected chi connectivity index (χ0v) is 10.8. The Bertz CT molecular complexity index is 452. The van der Waals surface area contributed by atoms with Gasteiger partial charge in [-0.05, 0) is 18.6 Å². The minimum absolute atomic E-state index is 0.204. The van der Waals surface area contributed by atoms with Crippen LogP contribution in [0.5, 0.6) is 5.75 Å². The van der Waals surface area contributed by atoms with Crippen molar-refractivity contribution < 1.29 is 14.6 Å². The van der Waals surface area contributed by atoms with Gasteiger partial charge in [0.15, 0.2) is 6.79 Å². The Hall–Kier alpha value is -0.810. The average molecular weight is 270 g/mol. The second-order valence-corrected chi connectivity index (χ2v) is 5.28. The van der Waals surface area contributed by atoms with E-state index in [4.69, 9.17) is 21.1 Å². The van der Waals surface area contributed by atoms with E-state index >= 15 is 0 Å². The number of benzene rings is 1. The second kappa shape index (κ2) is 5.05. The summed E-state index contributed by atoms with van der Waals surface area (Å²) in [6.07, 6.45) is 0.636. The highest BCUT2D eigenvalue weighted by Crippen LogP contribution is 2.32. The lowest BCUT2D eigenvalue weighted by Gasteiger charge is -2.23. The van der Waals surface area contributed by atoms with Crippen LogP contribution in [0.25, 0.3) is 0 Å². The van der Waals surface area contributed by atoms with Crippen molar-refractivity contribution in [1.29, 1.82) is 0 Å². The summed E-state index contributed by atoms with van der Waals surface area (Å²) in [5.74, 6) is 0.895. The molecule has 18 heavy (non-hydrogen) atoms. The molecule has 0 spiro atoms. The number of nitrogens with zero attached hydrogens (tertiary/aromatic N) is 1. The van der Waals surface area contributed by atoms with Crippen molar-refractivity contribution >= 4 is 11.6 Å². The van der Waals surface area contributed by atoms with Crippen LogP contribution in [-0.2, 0) is 17.9 Å². The van der Waals surface area contributed by atoms with Crippen LogP contribution in [0.4, 0.5) is 0 Å². The number of hydrogen-bond acceptors (Lipinski definition) is 4. The standard InChI is InChI=1S/C13H16ClNO3/c14-11-3-9(5-15-2-1-12(16)6-15)13-10(4-11)7-17-8-18-13/h3-4,12,16H,1-2,5-8H2. The van der Waals surface area contributed by atoms with Gasteiger partial charge in [0.25, 0.3) is 0 Å². The van der Waals surface area contributed by atoms with Gasteiger partial charge in [0.1, 0.15) is 5.75 Å². The molecule has 5 heteroatoms. The van der Waals surface area contributed by atoms with Gasteiger partial charge in [-0.15, -0.1) is 0 Å². The number of fused-ring (bicyclic) bond motifs is 1. The van der Waals surface area contributed by atoms with Crippen molar-refractivity contribution in [3.63, 3.8) is 0 Å². The lowest BCUT2D eigenvalue weighted by molar-refractivity contribution is -0.0174. The molecule has 1 saturated heterocycles. The van der Waals surface area contributed by atoms with Gasteiger partial charge in [-0.1, -0.05) is 11.6 Å². The first-order chi connectivity index (χ1) is 8.72. The molecular formula is C13H16ClNO3.